The zero-order valence-corrected chi connectivity index (χ0v) is 19.7. The van der Waals surface area contributed by atoms with E-state index in [1.54, 1.807) is 36.4 Å². The third-order valence-corrected chi connectivity index (χ3v) is 6.48. The number of carbonyl (C=O) groups is 2. The normalized spacial score (nSPS) is 17.2. The number of aliphatic hydroxyl groups is 1. The van der Waals surface area contributed by atoms with Crippen molar-refractivity contribution in [2.75, 3.05) is 13.2 Å². The van der Waals surface area contributed by atoms with Crippen LogP contribution in [0.5, 0.6) is 5.75 Å². The smallest absolute Gasteiger partial charge is 0.295 e. The Morgan fingerprint density at radius 3 is 2.50 bits per heavy atom. The Labute approximate surface area is 207 Å². The van der Waals surface area contributed by atoms with Crippen LogP contribution in [0.1, 0.15) is 29.7 Å². The number of likely N-dealkylation sites (tertiary alicyclic amines) is 1. The first kappa shape index (κ1) is 23.4. The lowest BCUT2D eigenvalue weighted by molar-refractivity contribution is -0.139. The molecule has 5 rings (SSSR count). The zero-order valence-electron chi connectivity index (χ0n) is 19.7. The van der Waals surface area contributed by atoms with Crippen molar-refractivity contribution in [3.8, 4) is 5.75 Å². The van der Waals surface area contributed by atoms with Gasteiger partial charge in [0.1, 0.15) is 17.3 Å². The molecule has 1 amide bonds. The van der Waals surface area contributed by atoms with Crippen molar-refractivity contribution in [1.29, 1.82) is 0 Å². The monoisotopic (exact) mass is 484 g/mol. The Morgan fingerprint density at radius 1 is 1.03 bits per heavy atom. The number of carbonyl (C=O) groups excluding carboxylic acids is 2. The highest BCUT2D eigenvalue weighted by Crippen LogP contribution is 2.40. The van der Waals surface area contributed by atoms with Gasteiger partial charge in [-0.05, 0) is 55.3 Å². The lowest BCUT2D eigenvalue weighted by Gasteiger charge is -2.25. The molecular formula is C29H25FN2O4. The second kappa shape index (κ2) is 9.70. The molecule has 1 atom stereocenters. The number of amides is 1. The first-order valence-corrected chi connectivity index (χ1v) is 11.8. The van der Waals surface area contributed by atoms with Crippen molar-refractivity contribution in [3.05, 3.63) is 107 Å². The molecule has 3 aromatic carbocycles. The highest BCUT2D eigenvalue weighted by molar-refractivity contribution is 6.46. The summed E-state index contributed by atoms with van der Waals surface area (Å²) in [4.78, 5) is 31.0. The average molecular weight is 485 g/mol. The van der Waals surface area contributed by atoms with Gasteiger partial charge in [0.2, 0.25) is 0 Å². The number of halogens is 1. The first-order chi connectivity index (χ1) is 17.5. The van der Waals surface area contributed by atoms with Crippen LogP contribution in [-0.2, 0) is 16.0 Å². The quantitative estimate of drug-likeness (QED) is 0.210. The van der Waals surface area contributed by atoms with Gasteiger partial charge in [-0.15, -0.1) is 0 Å². The SMILES string of the molecule is CCOc1ccc(/C(O)=C2\C(=O)C(=O)N(CCc3c[nH]c4ccccc34)C2c2ccccc2F)cc1. The van der Waals surface area contributed by atoms with Crippen molar-refractivity contribution < 1.29 is 23.8 Å². The fourth-order valence-electron chi connectivity index (χ4n) is 4.74. The number of nitrogens with one attached hydrogen (secondary N) is 1. The van der Waals surface area contributed by atoms with Gasteiger partial charge in [-0.1, -0.05) is 36.4 Å². The number of benzene rings is 3. The Bertz CT molecular complexity index is 1470. The van der Waals surface area contributed by atoms with Crippen LogP contribution in [-0.4, -0.2) is 39.8 Å². The van der Waals surface area contributed by atoms with E-state index in [-0.39, 0.29) is 23.4 Å². The maximum absolute atomic E-state index is 15.0. The van der Waals surface area contributed by atoms with Gasteiger partial charge in [-0.25, -0.2) is 4.39 Å². The number of aliphatic hydroxyl groups excluding tert-OH is 1. The van der Waals surface area contributed by atoms with Gasteiger partial charge in [-0.2, -0.15) is 0 Å². The second-order valence-electron chi connectivity index (χ2n) is 8.58. The van der Waals surface area contributed by atoms with E-state index in [9.17, 15) is 19.1 Å². The van der Waals surface area contributed by atoms with E-state index in [0.29, 0.717) is 24.3 Å². The Balaban J connectivity index is 1.55. The summed E-state index contributed by atoms with van der Waals surface area (Å²) in [5.74, 6) is -1.90. The third-order valence-electron chi connectivity index (χ3n) is 6.48. The van der Waals surface area contributed by atoms with E-state index >= 15 is 0 Å². The van der Waals surface area contributed by atoms with Gasteiger partial charge in [0.15, 0.2) is 0 Å². The minimum Gasteiger partial charge on any atom is -0.507 e. The number of para-hydroxylation sites is 1. The molecule has 4 aromatic rings. The highest BCUT2D eigenvalue weighted by Gasteiger charge is 2.46. The van der Waals surface area contributed by atoms with Crippen molar-refractivity contribution >= 4 is 28.4 Å². The Hall–Kier alpha value is -4.39. The number of aromatic amines is 1. The summed E-state index contributed by atoms with van der Waals surface area (Å²) in [5, 5.41) is 12.2. The van der Waals surface area contributed by atoms with Gasteiger partial charge < -0.3 is 19.7 Å². The van der Waals surface area contributed by atoms with Gasteiger partial charge in [0.25, 0.3) is 11.7 Å². The summed E-state index contributed by atoms with van der Waals surface area (Å²) in [6.45, 7) is 2.52. The molecule has 1 aliphatic heterocycles. The minimum atomic E-state index is -1.05. The molecule has 1 aliphatic rings. The summed E-state index contributed by atoms with van der Waals surface area (Å²) in [5.41, 5.74) is 2.31. The molecular weight excluding hydrogens is 459 g/mol. The number of Topliss-reactive ketones (excluding diaryl/α,β-unsaturated/α-hetero) is 1. The number of rotatable bonds is 7. The molecule has 1 aromatic heterocycles. The van der Waals surface area contributed by atoms with Gasteiger partial charge in [-0.3, -0.25) is 9.59 Å². The number of hydrogen-bond acceptors (Lipinski definition) is 4. The van der Waals surface area contributed by atoms with Crippen LogP contribution in [0, 0.1) is 5.82 Å². The van der Waals surface area contributed by atoms with Crippen LogP contribution >= 0.6 is 0 Å². The van der Waals surface area contributed by atoms with Gasteiger partial charge in [0.05, 0.1) is 18.2 Å². The summed E-state index contributed by atoms with van der Waals surface area (Å²) in [6.07, 6.45) is 2.32. The van der Waals surface area contributed by atoms with E-state index in [2.05, 4.69) is 4.98 Å². The van der Waals surface area contributed by atoms with Gasteiger partial charge in [0, 0.05) is 34.8 Å². The zero-order chi connectivity index (χ0) is 25.2. The number of aromatic nitrogens is 1. The summed E-state index contributed by atoms with van der Waals surface area (Å²) in [7, 11) is 0. The van der Waals surface area contributed by atoms with Crippen molar-refractivity contribution in [2.24, 2.45) is 0 Å². The topological polar surface area (TPSA) is 82.6 Å². The van der Waals surface area contributed by atoms with E-state index in [1.165, 1.54) is 17.0 Å². The standard InChI is InChI=1S/C29H25FN2O4/c1-2-36-20-13-11-18(12-14-20)27(33)25-26(22-8-3-5-9-23(22)30)32(29(35)28(25)34)16-15-19-17-31-24-10-6-4-7-21(19)24/h3-14,17,26,31,33H,2,15-16H2,1H3/b27-25+. The molecule has 2 heterocycles. The summed E-state index contributed by atoms with van der Waals surface area (Å²) >= 11 is 0. The molecule has 0 saturated carbocycles. The molecule has 36 heavy (non-hydrogen) atoms. The fraction of sp³-hybridized carbons (Fsp3) is 0.172. The Kier molecular flexibility index (Phi) is 6.29. The number of ether oxygens (including phenoxy) is 1. The van der Waals surface area contributed by atoms with Crippen molar-refractivity contribution in [3.63, 3.8) is 0 Å². The minimum absolute atomic E-state index is 0.131. The van der Waals surface area contributed by atoms with E-state index in [1.807, 2.05) is 37.4 Å². The highest BCUT2D eigenvalue weighted by atomic mass is 19.1. The molecule has 6 nitrogen and oxygen atoms in total. The predicted molar refractivity (Wildman–Crippen MR) is 135 cm³/mol. The molecule has 1 unspecified atom stereocenters. The largest absolute Gasteiger partial charge is 0.507 e. The van der Waals surface area contributed by atoms with E-state index < -0.39 is 23.5 Å². The summed E-state index contributed by atoms with van der Waals surface area (Å²) < 4.78 is 20.4. The van der Waals surface area contributed by atoms with Crippen LogP contribution in [0.2, 0.25) is 0 Å². The van der Waals surface area contributed by atoms with Crippen molar-refractivity contribution in [1.82, 2.24) is 9.88 Å². The average Bonchev–Trinajstić information content (AvgIpc) is 3.42. The number of hydrogen-bond donors (Lipinski definition) is 2. The molecule has 182 valence electrons. The Morgan fingerprint density at radius 2 is 1.75 bits per heavy atom. The maximum atomic E-state index is 15.0. The van der Waals surface area contributed by atoms with Crippen LogP contribution < -0.4 is 4.74 Å². The summed E-state index contributed by atoms with van der Waals surface area (Å²) in [6, 6.07) is 19.3. The molecule has 0 bridgehead atoms. The molecule has 0 spiro atoms. The molecule has 0 radical (unpaired) electrons. The van der Waals surface area contributed by atoms with Crippen LogP contribution in [0.3, 0.4) is 0 Å². The molecule has 0 aliphatic carbocycles. The van der Waals surface area contributed by atoms with Crippen LogP contribution in [0.15, 0.2) is 84.6 Å². The number of H-pyrrole nitrogens is 1. The van der Waals surface area contributed by atoms with Crippen LogP contribution in [0.4, 0.5) is 4.39 Å². The van der Waals surface area contributed by atoms with E-state index in [4.69, 9.17) is 4.74 Å². The van der Waals surface area contributed by atoms with Crippen molar-refractivity contribution in [2.45, 2.75) is 19.4 Å². The number of fused-ring (bicyclic) bond motifs is 1. The molecule has 1 fully saturated rings. The number of nitrogens with zero attached hydrogens (tertiary/aromatic N) is 1. The fourth-order valence-corrected chi connectivity index (χ4v) is 4.74. The predicted octanol–water partition coefficient (Wildman–Crippen LogP) is 5.37. The lowest BCUT2D eigenvalue weighted by atomic mass is 9.94. The van der Waals surface area contributed by atoms with Crippen LogP contribution in [0.25, 0.3) is 16.7 Å². The lowest BCUT2D eigenvalue weighted by Crippen LogP contribution is -2.32. The first-order valence-electron chi connectivity index (χ1n) is 11.8. The number of ketones is 1. The molecule has 1 saturated heterocycles. The molecule has 2 N–H and O–H groups in total. The third kappa shape index (κ3) is 4.13. The van der Waals surface area contributed by atoms with Gasteiger partial charge >= 0.3 is 0 Å². The van der Waals surface area contributed by atoms with E-state index in [0.717, 1.165) is 16.5 Å². The second-order valence-corrected chi connectivity index (χ2v) is 8.58. The molecule has 7 heteroatoms. The maximum Gasteiger partial charge on any atom is 0.295 e.